The second kappa shape index (κ2) is 11.6. The molecule has 3 aromatic rings. The number of piperidine rings is 1. The van der Waals surface area contributed by atoms with Gasteiger partial charge in [-0.3, -0.25) is 0 Å². The fourth-order valence-electron chi connectivity index (χ4n) is 6.72. The van der Waals surface area contributed by atoms with Crippen LogP contribution in [0.2, 0.25) is 0 Å². The normalized spacial score (nSPS) is 18.9. The Bertz CT molecular complexity index is 1240. The van der Waals surface area contributed by atoms with Gasteiger partial charge in [-0.15, -0.1) is 0 Å². The maximum absolute atomic E-state index is 5.40. The summed E-state index contributed by atoms with van der Waals surface area (Å²) >= 11 is 0. The van der Waals surface area contributed by atoms with Gasteiger partial charge >= 0.3 is 0 Å². The molecule has 4 heteroatoms. The second-order valence-corrected chi connectivity index (χ2v) is 12.1. The van der Waals surface area contributed by atoms with E-state index in [0.717, 1.165) is 50.4 Å². The Balaban J connectivity index is 1.48. The number of hydrogen-bond donors (Lipinski definition) is 1. The Morgan fingerprint density at radius 1 is 0.974 bits per heavy atom. The van der Waals surface area contributed by atoms with Crippen molar-refractivity contribution in [2.75, 3.05) is 24.5 Å². The van der Waals surface area contributed by atoms with E-state index in [1.165, 1.54) is 71.3 Å². The maximum atomic E-state index is 5.40. The van der Waals surface area contributed by atoms with Crippen molar-refractivity contribution in [1.82, 2.24) is 15.3 Å². The number of aromatic nitrogens is 2. The van der Waals surface area contributed by atoms with Gasteiger partial charge in [0, 0.05) is 36.0 Å². The van der Waals surface area contributed by atoms with Crippen LogP contribution < -0.4 is 10.2 Å². The lowest BCUT2D eigenvalue weighted by Crippen LogP contribution is -2.41. The van der Waals surface area contributed by atoms with E-state index in [0.29, 0.717) is 11.5 Å². The molecule has 2 aliphatic rings. The van der Waals surface area contributed by atoms with E-state index in [1.54, 1.807) is 0 Å². The Labute approximate surface area is 230 Å². The molecule has 1 aliphatic heterocycles. The minimum absolute atomic E-state index is 0.300. The van der Waals surface area contributed by atoms with Crippen LogP contribution in [0.15, 0.2) is 42.5 Å². The Morgan fingerprint density at radius 3 is 2.47 bits per heavy atom. The van der Waals surface area contributed by atoms with E-state index < -0.39 is 0 Å². The molecule has 1 atom stereocenters. The van der Waals surface area contributed by atoms with Gasteiger partial charge in [-0.2, -0.15) is 0 Å². The molecular formula is C34H46N4. The summed E-state index contributed by atoms with van der Waals surface area (Å²) in [6.45, 7) is 14.6. The Morgan fingerprint density at radius 2 is 1.74 bits per heavy atom. The monoisotopic (exact) mass is 510 g/mol. The maximum Gasteiger partial charge on any atom is 0.162 e. The van der Waals surface area contributed by atoms with Crippen molar-refractivity contribution in [3.05, 3.63) is 76.0 Å². The number of nitrogens with one attached hydrogen (secondary N) is 1. The molecule has 1 aliphatic carbocycles. The largest absolute Gasteiger partial charge is 0.356 e. The molecule has 2 heterocycles. The minimum Gasteiger partial charge on any atom is -0.356 e. The number of hydrogen-bond acceptors (Lipinski definition) is 4. The molecule has 1 fully saturated rings. The summed E-state index contributed by atoms with van der Waals surface area (Å²) in [6, 6.07) is 16.1. The highest BCUT2D eigenvalue weighted by Crippen LogP contribution is 2.36. The zero-order valence-electron chi connectivity index (χ0n) is 24.2. The Hall–Kier alpha value is -2.72. The second-order valence-electron chi connectivity index (χ2n) is 12.1. The standard InChI is InChI=1S/C34H46N4/c1-6-25-14-10-15-26(7-2)31(25)32-36-24(3)28(33(37-32)38-22-12-20-34(4,5)23-38)19-21-35-30-18-11-16-27-13-8-9-17-29(27)30/h8-10,13-15,17,30,35H,6-7,11-12,16,18-23H2,1-5H3/t30-/m0/s1. The van der Waals surface area contributed by atoms with Gasteiger partial charge in [-0.1, -0.05) is 70.2 Å². The molecule has 1 N–H and O–H groups in total. The first-order chi connectivity index (χ1) is 18.4. The van der Waals surface area contributed by atoms with Gasteiger partial charge in [0.15, 0.2) is 5.82 Å². The van der Waals surface area contributed by atoms with Gasteiger partial charge in [-0.25, -0.2) is 9.97 Å². The van der Waals surface area contributed by atoms with Crippen LogP contribution in [0.4, 0.5) is 5.82 Å². The van der Waals surface area contributed by atoms with Gasteiger partial charge in [0.05, 0.1) is 0 Å². The van der Waals surface area contributed by atoms with Crippen molar-refractivity contribution in [3.63, 3.8) is 0 Å². The fourth-order valence-corrected chi connectivity index (χ4v) is 6.72. The first-order valence-corrected chi connectivity index (χ1v) is 14.9. The lowest BCUT2D eigenvalue weighted by atomic mass is 9.84. The molecule has 2 aromatic carbocycles. The van der Waals surface area contributed by atoms with Crippen molar-refractivity contribution in [1.29, 1.82) is 0 Å². The number of rotatable bonds is 8. The molecule has 1 aromatic heterocycles. The van der Waals surface area contributed by atoms with Crippen molar-refractivity contribution in [2.45, 2.75) is 92.0 Å². The molecule has 0 bridgehead atoms. The van der Waals surface area contributed by atoms with E-state index >= 15 is 0 Å². The highest BCUT2D eigenvalue weighted by Gasteiger charge is 2.30. The molecule has 0 spiro atoms. The third kappa shape index (κ3) is 5.66. The van der Waals surface area contributed by atoms with Gasteiger partial charge in [0.25, 0.3) is 0 Å². The van der Waals surface area contributed by atoms with Crippen LogP contribution in [0.25, 0.3) is 11.4 Å². The van der Waals surface area contributed by atoms with E-state index in [-0.39, 0.29) is 0 Å². The predicted octanol–water partition coefficient (Wildman–Crippen LogP) is 7.41. The third-order valence-corrected chi connectivity index (χ3v) is 8.75. The molecule has 0 saturated carbocycles. The SMILES string of the molecule is CCc1cccc(CC)c1-c1nc(C)c(CCN[C@H]2CCCc3ccccc32)c(N2CCCC(C)(C)C2)n1. The Kier molecular flexibility index (Phi) is 8.18. The third-order valence-electron chi connectivity index (χ3n) is 8.75. The van der Waals surface area contributed by atoms with Crippen molar-refractivity contribution in [3.8, 4) is 11.4 Å². The summed E-state index contributed by atoms with van der Waals surface area (Å²) in [6.07, 6.45) is 9.11. The van der Waals surface area contributed by atoms with Crippen molar-refractivity contribution in [2.24, 2.45) is 5.41 Å². The highest BCUT2D eigenvalue weighted by molar-refractivity contribution is 5.68. The molecule has 38 heavy (non-hydrogen) atoms. The smallest absolute Gasteiger partial charge is 0.162 e. The highest BCUT2D eigenvalue weighted by atomic mass is 15.2. The van der Waals surface area contributed by atoms with Crippen LogP contribution in [-0.2, 0) is 25.7 Å². The zero-order valence-corrected chi connectivity index (χ0v) is 24.2. The quantitative estimate of drug-likeness (QED) is 0.342. The van der Waals surface area contributed by atoms with E-state index in [2.05, 4.69) is 87.3 Å². The summed E-state index contributed by atoms with van der Waals surface area (Å²) in [7, 11) is 0. The van der Waals surface area contributed by atoms with Crippen LogP contribution in [-0.4, -0.2) is 29.6 Å². The van der Waals surface area contributed by atoms with Gasteiger partial charge in [-0.05, 0) is 92.5 Å². The number of fused-ring (bicyclic) bond motifs is 1. The van der Waals surface area contributed by atoms with E-state index in [4.69, 9.17) is 9.97 Å². The molecule has 0 radical (unpaired) electrons. The first-order valence-electron chi connectivity index (χ1n) is 14.9. The number of benzene rings is 2. The molecule has 0 amide bonds. The molecular weight excluding hydrogens is 464 g/mol. The van der Waals surface area contributed by atoms with Crippen molar-refractivity contribution >= 4 is 5.82 Å². The van der Waals surface area contributed by atoms with E-state index in [9.17, 15) is 0 Å². The number of aryl methyl sites for hydroxylation is 4. The predicted molar refractivity (Wildman–Crippen MR) is 160 cm³/mol. The molecule has 5 rings (SSSR count). The van der Waals surface area contributed by atoms with E-state index in [1.807, 2.05) is 0 Å². The lowest BCUT2D eigenvalue weighted by molar-refractivity contribution is 0.291. The van der Waals surface area contributed by atoms with Gasteiger partial charge < -0.3 is 10.2 Å². The molecule has 1 saturated heterocycles. The topological polar surface area (TPSA) is 41.1 Å². The van der Waals surface area contributed by atoms with Crippen LogP contribution in [0.5, 0.6) is 0 Å². The van der Waals surface area contributed by atoms with Crippen LogP contribution in [0.1, 0.15) is 92.9 Å². The summed E-state index contributed by atoms with van der Waals surface area (Å²) in [5.41, 5.74) is 9.69. The fraction of sp³-hybridized carbons (Fsp3) is 0.529. The number of nitrogens with zero attached hydrogens (tertiary/aromatic N) is 3. The summed E-state index contributed by atoms with van der Waals surface area (Å²) in [4.78, 5) is 13.1. The average Bonchev–Trinajstić information content (AvgIpc) is 2.92. The van der Waals surface area contributed by atoms with Crippen molar-refractivity contribution < 1.29 is 0 Å². The average molecular weight is 511 g/mol. The summed E-state index contributed by atoms with van der Waals surface area (Å²) in [5, 5.41) is 3.91. The van der Waals surface area contributed by atoms with Crippen LogP contribution in [0, 0.1) is 12.3 Å². The molecule has 0 unspecified atom stereocenters. The number of anilines is 1. The summed E-state index contributed by atoms with van der Waals surface area (Å²) < 4.78 is 0. The van der Waals surface area contributed by atoms with Crippen LogP contribution in [0.3, 0.4) is 0 Å². The van der Waals surface area contributed by atoms with Crippen LogP contribution >= 0.6 is 0 Å². The molecule has 4 nitrogen and oxygen atoms in total. The zero-order chi connectivity index (χ0) is 26.7. The van der Waals surface area contributed by atoms with Gasteiger partial charge in [0.1, 0.15) is 5.82 Å². The first kappa shape index (κ1) is 26.9. The lowest BCUT2D eigenvalue weighted by Gasteiger charge is -2.40. The summed E-state index contributed by atoms with van der Waals surface area (Å²) in [5.74, 6) is 2.08. The van der Waals surface area contributed by atoms with Gasteiger partial charge in [0.2, 0.25) is 0 Å². The minimum atomic E-state index is 0.300. The molecule has 202 valence electrons.